The second-order valence-electron chi connectivity index (χ2n) is 16.1. The van der Waals surface area contributed by atoms with Crippen LogP contribution in [0.4, 0.5) is 0 Å². The summed E-state index contributed by atoms with van der Waals surface area (Å²) in [4.78, 5) is 0. The number of hydrogen-bond donors (Lipinski definition) is 1. The first-order valence-corrected chi connectivity index (χ1v) is 20.5. The summed E-state index contributed by atoms with van der Waals surface area (Å²) in [6.45, 7) is 11.8. The van der Waals surface area contributed by atoms with E-state index < -0.39 is 6.10 Å². The van der Waals surface area contributed by atoms with E-state index in [-0.39, 0.29) is 0 Å². The molecule has 0 spiro atoms. The molecule has 0 radical (unpaired) electrons. The summed E-state index contributed by atoms with van der Waals surface area (Å²) in [6, 6.07) is 59.5. The summed E-state index contributed by atoms with van der Waals surface area (Å²) in [5, 5.41) is 9.86. The van der Waals surface area contributed by atoms with Crippen molar-refractivity contribution in [3.63, 3.8) is 0 Å². The van der Waals surface area contributed by atoms with E-state index in [1.54, 1.807) is 6.92 Å². The molecule has 0 saturated carbocycles. The van der Waals surface area contributed by atoms with Crippen LogP contribution in [0.1, 0.15) is 146 Å². The van der Waals surface area contributed by atoms with Gasteiger partial charge in [-0.1, -0.05) is 179 Å². The molecule has 0 aromatic heterocycles. The summed E-state index contributed by atoms with van der Waals surface area (Å²) in [5.41, 5.74) is 10.5. The largest absolute Gasteiger partial charge is 0.489 e. The van der Waals surface area contributed by atoms with Crippen molar-refractivity contribution < 1.29 is 9.84 Å². The summed E-state index contributed by atoms with van der Waals surface area (Å²) in [7, 11) is 0. The number of benzene rings is 6. The molecule has 0 amide bonds. The van der Waals surface area contributed by atoms with Crippen molar-refractivity contribution in [1.82, 2.24) is 0 Å². The third kappa shape index (κ3) is 11.3. The lowest BCUT2D eigenvalue weighted by Gasteiger charge is -2.29. The Labute approximate surface area is 331 Å². The lowest BCUT2D eigenvalue weighted by Crippen LogP contribution is -2.12. The number of hydrogen-bond acceptors (Lipinski definition) is 2. The first kappa shape index (κ1) is 39.8. The monoisotopic (exact) mass is 728 g/mol. The molecule has 6 aromatic rings. The summed E-state index contributed by atoms with van der Waals surface area (Å²) in [6.07, 6.45) is 3.93. The van der Waals surface area contributed by atoms with E-state index in [1.165, 1.54) is 33.4 Å². The van der Waals surface area contributed by atoms with E-state index >= 15 is 0 Å². The van der Waals surface area contributed by atoms with Gasteiger partial charge in [-0.2, -0.15) is 0 Å². The molecule has 284 valence electrons. The maximum Gasteiger partial charge on any atom is 0.119 e. The molecule has 7 unspecified atom stereocenters. The average Bonchev–Trinajstić information content (AvgIpc) is 3.23. The van der Waals surface area contributed by atoms with E-state index in [2.05, 4.69) is 167 Å². The fraction of sp³-hybridized carbons (Fsp3) is 0.321. The smallest absolute Gasteiger partial charge is 0.119 e. The van der Waals surface area contributed by atoms with Crippen molar-refractivity contribution >= 4 is 0 Å². The van der Waals surface area contributed by atoms with E-state index in [9.17, 15) is 5.11 Å². The van der Waals surface area contributed by atoms with Crippen LogP contribution in [0.5, 0.6) is 5.75 Å². The average molecular weight is 729 g/mol. The highest BCUT2D eigenvalue weighted by molar-refractivity contribution is 5.33. The lowest BCUT2D eigenvalue weighted by molar-refractivity contribution is 0.199. The van der Waals surface area contributed by atoms with Gasteiger partial charge in [-0.25, -0.2) is 0 Å². The predicted molar refractivity (Wildman–Crippen MR) is 231 cm³/mol. The predicted octanol–water partition coefficient (Wildman–Crippen LogP) is 14.3. The Bertz CT molecular complexity index is 1970. The van der Waals surface area contributed by atoms with Gasteiger partial charge in [0.1, 0.15) is 12.4 Å². The Balaban J connectivity index is 1.18. The Morgan fingerprint density at radius 2 is 0.709 bits per heavy atom. The Morgan fingerprint density at radius 3 is 1.15 bits per heavy atom. The standard InChI is InChI=1S/C53H60O2/c1-38(44-15-9-6-10-16-44)33-39(2)46-25-27-47(28-26-46)41(4)35-51(49-19-13-8-14-20-49)36-52(34-40(3)45-17-11-7-12-18-45)50-23-21-43(22-24-50)37-55-53-31-29-48(30-32-53)42(5)54/h6-32,38-42,51-52,54H,33-37H2,1-5H3. The molecule has 6 rings (SSSR count). The van der Waals surface area contributed by atoms with E-state index in [0.29, 0.717) is 42.1 Å². The van der Waals surface area contributed by atoms with Crippen molar-refractivity contribution in [2.24, 2.45) is 0 Å². The highest BCUT2D eigenvalue weighted by Crippen LogP contribution is 2.41. The fourth-order valence-electron chi connectivity index (χ4n) is 8.35. The maximum atomic E-state index is 9.86. The SMILES string of the molecule is CC(O)c1ccc(OCc2ccc(C(CC(C)c3ccccc3)CC(CC(C)c3ccc(C(C)CC(C)c4ccccc4)cc3)c3ccccc3)cc2)cc1. The zero-order chi connectivity index (χ0) is 38.6. The third-order valence-corrected chi connectivity index (χ3v) is 11.9. The minimum atomic E-state index is -0.482. The molecule has 7 atom stereocenters. The van der Waals surface area contributed by atoms with Gasteiger partial charge in [0.15, 0.2) is 0 Å². The zero-order valence-corrected chi connectivity index (χ0v) is 33.5. The van der Waals surface area contributed by atoms with Crippen LogP contribution in [-0.2, 0) is 6.61 Å². The Hall–Kier alpha value is -4.92. The van der Waals surface area contributed by atoms with Crippen LogP contribution in [0, 0.1) is 0 Å². The second-order valence-corrected chi connectivity index (χ2v) is 16.1. The van der Waals surface area contributed by atoms with Gasteiger partial charge in [-0.05, 0) is 125 Å². The first-order chi connectivity index (χ1) is 26.7. The van der Waals surface area contributed by atoms with Gasteiger partial charge in [-0.3, -0.25) is 0 Å². The highest BCUT2D eigenvalue weighted by atomic mass is 16.5. The molecule has 2 nitrogen and oxygen atoms in total. The normalized spacial score (nSPS) is 15.3. The van der Waals surface area contributed by atoms with Gasteiger partial charge < -0.3 is 9.84 Å². The van der Waals surface area contributed by atoms with Gasteiger partial charge in [0.25, 0.3) is 0 Å². The van der Waals surface area contributed by atoms with Crippen molar-refractivity contribution in [1.29, 1.82) is 0 Å². The molecule has 0 heterocycles. The molecule has 0 bridgehead atoms. The molecule has 0 fully saturated rings. The van der Waals surface area contributed by atoms with Crippen molar-refractivity contribution in [2.75, 3.05) is 0 Å². The van der Waals surface area contributed by atoms with Gasteiger partial charge in [0.2, 0.25) is 0 Å². The molecule has 1 N–H and O–H groups in total. The van der Waals surface area contributed by atoms with Crippen LogP contribution in [0.15, 0.2) is 164 Å². The molecule has 0 saturated heterocycles. The van der Waals surface area contributed by atoms with E-state index in [4.69, 9.17) is 4.74 Å². The van der Waals surface area contributed by atoms with Crippen molar-refractivity contribution in [2.45, 2.75) is 109 Å². The van der Waals surface area contributed by atoms with Crippen molar-refractivity contribution in [3.8, 4) is 5.75 Å². The fourth-order valence-corrected chi connectivity index (χ4v) is 8.35. The van der Waals surface area contributed by atoms with Crippen LogP contribution >= 0.6 is 0 Å². The topological polar surface area (TPSA) is 29.5 Å². The molecular weight excluding hydrogens is 669 g/mol. The maximum absolute atomic E-state index is 9.86. The molecule has 0 aliphatic heterocycles. The van der Waals surface area contributed by atoms with Crippen LogP contribution in [0.2, 0.25) is 0 Å². The Morgan fingerprint density at radius 1 is 0.364 bits per heavy atom. The molecule has 0 aliphatic rings. The molecule has 0 aliphatic carbocycles. The van der Waals surface area contributed by atoms with Crippen LogP contribution in [0.25, 0.3) is 0 Å². The van der Waals surface area contributed by atoms with Gasteiger partial charge >= 0.3 is 0 Å². The van der Waals surface area contributed by atoms with Crippen molar-refractivity contribution in [3.05, 3.63) is 208 Å². The van der Waals surface area contributed by atoms with Gasteiger partial charge in [-0.15, -0.1) is 0 Å². The number of aliphatic hydroxyl groups excluding tert-OH is 1. The minimum Gasteiger partial charge on any atom is -0.489 e. The molecular formula is C53H60O2. The lowest BCUT2D eigenvalue weighted by atomic mass is 9.75. The minimum absolute atomic E-state index is 0.394. The van der Waals surface area contributed by atoms with E-state index in [0.717, 1.165) is 42.6 Å². The van der Waals surface area contributed by atoms with Gasteiger partial charge in [0.05, 0.1) is 6.10 Å². The first-order valence-electron chi connectivity index (χ1n) is 20.5. The van der Waals surface area contributed by atoms with Crippen LogP contribution in [-0.4, -0.2) is 5.11 Å². The van der Waals surface area contributed by atoms with Crippen LogP contribution < -0.4 is 4.74 Å². The third-order valence-electron chi connectivity index (χ3n) is 11.9. The Kier molecular flexibility index (Phi) is 14.2. The molecule has 6 aromatic carbocycles. The van der Waals surface area contributed by atoms with E-state index in [1.807, 2.05) is 24.3 Å². The van der Waals surface area contributed by atoms with Crippen LogP contribution in [0.3, 0.4) is 0 Å². The zero-order valence-electron chi connectivity index (χ0n) is 33.5. The number of ether oxygens (including phenoxy) is 1. The summed E-state index contributed by atoms with van der Waals surface area (Å²) in [5.74, 6) is 3.52. The van der Waals surface area contributed by atoms with Gasteiger partial charge in [0, 0.05) is 0 Å². The highest BCUT2D eigenvalue weighted by Gasteiger charge is 2.25. The molecule has 2 heteroatoms. The summed E-state index contributed by atoms with van der Waals surface area (Å²) >= 11 is 0. The number of aliphatic hydroxyl groups is 1. The number of rotatable bonds is 18. The second kappa shape index (κ2) is 19.6. The molecule has 55 heavy (non-hydrogen) atoms. The summed E-state index contributed by atoms with van der Waals surface area (Å²) < 4.78 is 6.13. The quantitative estimate of drug-likeness (QED) is 0.0955.